The minimum Gasteiger partial charge on any atom is -0.497 e. The van der Waals surface area contributed by atoms with Crippen molar-refractivity contribution in [2.24, 2.45) is 5.84 Å². The fourth-order valence-corrected chi connectivity index (χ4v) is 2.17. The lowest BCUT2D eigenvalue weighted by Crippen LogP contribution is -2.31. The Labute approximate surface area is 118 Å². The number of nitrogens with one attached hydrogen (secondary N) is 1. The van der Waals surface area contributed by atoms with Crippen molar-refractivity contribution in [2.75, 3.05) is 7.11 Å². The van der Waals surface area contributed by atoms with E-state index < -0.39 is 0 Å². The summed E-state index contributed by atoms with van der Waals surface area (Å²) in [6, 6.07) is 7.97. The van der Waals surface area contributed by atoms with Crippen LogP contribution in [0.5, 0.6) is 5.75 Å². The lowest BCUT2D eigenvalue weighted by Gasteiger charge is -2.17. The minimum absolute atomic E-state index is 0.00931. The first-order chi connectivity index (χ1) is 9.78. The van der Waals surface area contributed by atoms with E-state index in [4.69, 9.17) is 10.6 Å². The molecule has 0 aliphatic carbocycles. The van der Waals surface area contributed by atoms with Crippen LogP contribution in [0.1, 0.15) is 30.6 Å². The van der Waals surface area contributed by atoms with Crippen molar-refractivity contribution in [3.8, 4) is 5.75 Å². The third-order valence-corrected chi connectivity index (χ3v) is 3.24. The Balaban J connectivity index is 2.13. The maximum absolute atomic E-state index is 5.69. The smallest absolute Gasteiger partial charge is 0.118 e. The Morgan fingerprint density at radius 1 is 1.35 bits per heavy atom. The number of hydrazine groups is 1. The number of nitrogens with zero attached hydrogens (tertiary/aromatic N) is 3. The number of hydrogen-bond donors (Lipinski definition) is 2. The van der Waals surface area contributed by atoms with Crippen LogP contribution in [0.3, 0.4) is 0 Å². The molecule has 0 bridgehead atoms. The van der Waals surface area contributed by atoms with E-state index in [1.54, 1.807) is 13.3 Å². The Kier molecular flexibility index (Phi) is 5.09. The molecule has 2 aromatic rings. The van der Waals surface area contributed by atoms with E-state index in [1.807, 2.05) is 28.9 Å². The van der Waals surface area contributed by atoms with Gasteiger partial charge in [-0.3, -0.25) is 11.3 Å². The number of rotatable bonds is 7. The van der Waals surface area contributed by atoms with Crippen LogP contribution in [0.15, 0.2) is 30.5 Å². The third kappa shape index (κ3) is 3.34. The first-order valence-corrected chi connectivity index (χ1v) is 6.76. The molecule has 1 atom stereocenters. The van der Waals surface area contributed by atoms with Crippen molar-refractivity contribution in [3.05, 3.63) is 41.7 Å². The molecule has 108 valence electrons. The fourth-order valence-electron chi connectivity index (χ4n) is 2.17. The summed E-state index contributed by atoms with van der Waals surface area (Å²) < 4.78 is 7.06. The predicted molar refractivity (Wildman–Crippen MR) is 77.1 cm³/mol. The second-order valence-electron chi connectivity index (χ2n) is 4.65. The highest BCUT2D eigenvalue weighted by Gasteiger charge is 2.16. The molecule has 3 N–H and O–H groups in total. The van der Waals surface area contributed by atoms with E-state index in [2.05, 4.69) is 22.7 Å². The lowest BCUT2D eigenvalue weighted by molar-refractivity contribution is 0.414. The van der Waals surface area contributed by atoms with E-state index in [9.17, 15) is 0 Å². The van der Waals surface area contributed by atoms with Gasteiger partial charge in [-0.05, 0) is 30.5 Å². The molecule has 6 heteroatoms. The number of hydrogen-bond acceptors (Lipinski definition) is 5. The summed E-state index contributed by atoms with van der Waals surface area (Å²) in [5.41, 5.74) is 5.03. The molecule has 20 heavy (non-hydrogen) atoms. The molecule has 1 aromatic carbocycles. The van der Waals surface area contributed by atoms with Gasteiger partial charge < -0.3 is 4.74 Å². The molecule has 0 amide bonds. The number of methoxy groups -OCH3 is 1. The molecule has 6 nitrogen and oxygen atoms in total. The van der Waals surface area contributed by atoms with Crippen molar-refractivity contribution in [2.45, 2.75) is 32.4 Å². The average Bonchev–Trinajstić information content (AvgIpc) is 2.94. The van der Waals surface area contributed by atoms with Gasteiger partial charge in [0.2, 0.25) is 0 Å². The van der Waals surface area contributed by atoms with Crippen LogP contribution in [0.2, 0.25) is 0 Å². The van der Waals surface area contributed by atoms with E-state index in [1.165, 1.54) is 5.56 Å². The maximum Gasteiger partial charge on any atom is 0.118 e. The van der Waals surface area contributed by atoms with Gasteiger partial charge in [0.25, 0.3) is 0 Å². The first-order valence-electron chi connectivity index (χ1n) is 6.76. The Hall–Kier alpha value is -1.92. The first kappa shape index (κ1) is 14.5. The minimum atomic E-state index is -0.00931. The highest BCUT2D eigenvalue weighted by Crippen LogP contribution is 2.19. The Bertz CT molecular complexity index is 523. The average molecular weight is 275 g/mol. The summed E-state index contributed by atoms with van der Waals surface area (Å²) >= 11 is 0. The summed E-state index contributed by atoms with van der Waals surface area (Å²) in [6.07, 6.45) is 3.55. The molecule has 0 aliphatic rings. The second kappa shape index (κ2) is 7.02. The van der Waals surface area contributed by atoms with E-state index >= 15 is 0 Å². The van der Waals surface area contributed by atoms with Gasteiger partial charge in [0.1, 0.15) is 5.75 Å². The van der Waals surface area contributed by atoms with Gasteiger partial charge in [-0.1, -0.05) is 24.3 Å². The highest BCUT2D eigenvalue weighted by atomic mass is 16.5. The molecular weight excluding hydrogens is 254 g/mol. The number of nitrogens with two attached hydrogens (primary N) is 1. The lowest BCUT2D eigenvalue weighted by atomic mass is 10.0. The molecule has 1 aromatic heterocycles. The summed E-state index contributed by atoms with van der Waals surface area (Å²) in [7, 11) is 1.66. The Morgan fingerprint density at radius 3 is 2.70 bits per heavy atom. The van der Waals surface area contributed by atoms with Crippen LogP contribution in [0, 0.1) is 0 Å². The van der Waals surface area contributed by atoms with Gasteiger partial charge >= 0.3 is 0 Å². The zero-order valence-corrected chi connectivity index (χ0v) is 11.9. The fraction of sp³-hybridized carbons (Fsp3) is 0.429. The maximum atomic E-state index is 5.69. The highest BCUT2D eigenvalue weighted by molar-refractivity contribution is 5.28. The van der Waals surface area contributed by atoms with Gasteiger partial charge in [0, 0.05) is 6.54 Å². The van der Waals surface area contributed by atoms with Gasteiger partial charge in [0.05, 0.1) is 25.0 Å². The SMILES string of the molecule is CCCn1nncc1C(Cc1ccc(OC)cc1)NN. The summed E-state index contributed by atoms with van der Waals surface area (Å²) in [6.45, 7) is 2.95. The largest absolute Gasteiger partial charge is 0.497 e. The summed E-state index contributed by atoms with van der Waals surface area (Å²) in [4.78, 5) is 0. The second-order valence-corrected chi connectivity index (χ2v) is 4.65. The molecule has 0 saturated heterocycles. The number of aryl methyl sites for hydroxylation is 1. The topological polar surface area (TPSA) is 78.0 Å². The quantitative estimate of drug-likeness (QED) is 0.590. The van der Waals surface area contributed by atoms with Gasteiger partial charge in [-0.2, -0.15) is 0 Å². The normalized spacial score (nSPS) is 12.3. The van der Waals surface area contributed by atoms with E-state index in [0.717, 1.165) is 30.8 Å². The predicted octanol–water partition coefficient (Wildman–Crippen LogP) is 1.44. The molecular formula is C14H21N5O. The molecule has 0 aliphatic heterocycles. The van der Waals surface area contributed by atoms with Crippen LogP contribution >= 0.6 is 0 Å². The van der Waals surface area contributed by atoms with Crippen molar-refractivity contribution >= 4 is 0 Å². The third-order valence-electron chi connectivity index (χ3n) is 3.24. The van der Waals surface area contributed by atoms with Crippen LogP contribution in [0.25, 0.3) is 0 Å². The summed E-state index contributed by atoms with van der Waals surface area (Å²) in [5.74, 6) is 6.54. The molecule has 0 saturated carbocycles. The molecule has 0 fully saturated rings. The van der Waals surface area contributed by atoms with Crippen LogP contribution in [-0.2, 0) is 13.0 Å². The molecule has 1 unspecified atom stereocenters. The van der Waals surface area contributed by atoms with Gasteiger partial charge in [-0.25, -0.2) is 4.68 Å². The van der Waals surface area contributed by atoms with Gasteiger partial charge in [-0.15, -0.1) is 5.10 Å². The monoisotopic (exact) mass is 275 g/mol. The Morgan fingerprint density at radius 2 is 2.10 bits per heavy atom. The zero-order valence-electron chi connectivity index (χ0n) is 11.9. The van der Waals surface area contributed by atoms with Crippen LogP contribution in [0.4, 0.5) is 0 Å². The molecule has 1 heterocycles. The van der Waals surface area contributed by atoms with Crippen molar-refractivity contribution in [3.63, 3.8) is 0 Å². The molecule has 0 radical (unpaired) electrons. The number of benzene rings is 1. The number of aromatic nitrogens is 3. The van der Waals surface area contributed by atoms with Crippen molar-refractivity contribution < 1.29 is 4.74 Å². The van der Waals surface area contributed by atoms with Gasteiger partial charge in [0.15, 0.2) is 0 Å². The van der Waals surface area contributed by atoms with Crippen LogP contribution in [-0.4, -0.2) is 22.1 Å². The summed E-state index contributed by atoms with van der Waals surface area (Å²) in [5, 5.41) is 8.07. The molecule has 2 rings (SSSR count). The van der Waals surface area contributed by atoms with Crippen molar-refractivity contribution in [1.82, 2.24) is 20.4 Å². The molecule has 0 spiro atoms. The van der Waals surface area contributed by atoms with E-state index in [0.29, 0.717) is 0 Å². The van der Waals surface area contributed by atoms with Crippen molar-refractivity contribution in [1.29, 1.82) is 0 Å². The standard InChI is InChI=1S/C14H21N5O/c1-3-8-19-14(10-16-18-19)13(17-15)9-11-4-6-12(20-2)7-5-11/h4-7,10,13,17H,3,8-9,15H2,1-2H3. The zero-order chi connectivity index (χ0) is 14.4. The van der Waals surface area contributed by atoms with Crippen LogP contribution < -0.4 is 16.0 Å². The van der Waals surface area contributed by atoms with E-state index in [-0.39, 0.29) is 6.04 Å². The number of ether oxygens (including phenoxy) is 1.